The summed E-state index contributed by atoms with van der Waals surface area (Å²) in [7, 11) is 0. The first-order chi connectivity index (χ1) is 10.1. The van der Waals surface area contributed by atoms with Crippen LogP contribution in [0.5, 0.6) is 0 Å². The number of rotatable bonds is 1. The van der Waals surface area contributed by atoms with E-state index < -0.39 is 0 Å². The van der Waals surface area contributed by atoms with Crippen molar-refractivity contribution in [3.05, 3.63) is 34.9 Å². The zero-order valence-electron chi connectivity index (χ0n) is 13.3. The lowest BCUT2D eigenvalue weighted by Gasteiger charge is -2.57. The summed E-state index contributed by atoms with van der Waals surface area (Å²) >= 11 is 0. The molecule has 4 atom stereocenters. The summed E-state index contributed by atoms with van der Waals surface area (Å²) in [6.07, 6.45) is 9.54. The largest absolute Gasteiger partial charge is 0.295 e. The van der Waals surface area contributed by atoms with Crippen molar-refractivity contribution < 1.29 is 4.79 Å². The number of fused-ring (bicyclic) bond motifs is 1. The first kappa shape index (κ1) is 13.5. The number of carbonyl (C=O) groups is 1. The van der Waals surface area contributed by atoms with Crippen molar-refractivity contribution in [1.82, 2.24) is 0 Å². The topological polar surface area (TPSA) is 17.1 Å². The summed E-state index contributed by atoms with van der Waals surface area (Å²) < 4.78 is 0. The summed E-state index contributed by atoms with van der Waals surface area (Å²) in [5.41, 5.74) is 4.44. The third-order valence-corrected chi connectivity index (χ3v) is 6.90. The molecule has 3 aliphatic rings. The Morgan fingerprint density at radius 1 is 1.19 bits per heavy atom. The molecule has 1 unspecified atom stereocenters. The molecule has 0 heterocycles. The minimum atomic E-state index is 0.216. The highest BCUT2D eigenvalue weighted by atomic mass is 16.1. The SMILES string of the molecule is CC(=O)c1ccc2c(c1)[C@]13CCCC[C@@H]1[C@H](C2)C(C)CC3. The van der Waals surface area contributed by atoms with E-state index in [4.69, 9.17) is 0 Å². The van der Waals surface area contributed by atoms with Gasteiger partial charge in [-0.1, -0.05) is 31.9 Å². The van der Waals surface area contributed by atoms with Crippen LogP contribution in [0.15, 0.2) is 18.2 Å². The van der Waals surface area contributed by atoms with E-state index in [1.54, 1.807) is 18.1 Å². The van der Waals surface area contributed by atoms with Gasteiger partial charge in [0.2, 0.25) is 0 Å². The molecular weight excluding hydrogens is 256 g/mol. The monoisotopic (exact) mass is 282 g/mol. The number of benzene rings is 1. The van der Waals surface area contributed by atoms with Crippen molar-refractivity contribution >= 4 is 5.78 Å². The van der Waals surface area contributed by atoms with E-state index in [2.05, 4.69) is 25.1 Å². The van der Waals surface area contributed by atoms with Gasteiger partial charge in [0.05, 0.1) is 0 Å². The fourth-order valence-electron chi connectivity index (χ4n) is 5.80. The second-order valence-electron chi connectivity index (χ2n) is 7.82. The third-order valence-electron chi connectivity index (χ3n) is 6.90. The second-order valence-corrected chi connectivity index (χ2v) is 7.82. The van der Waals surface area contributed by atoms with E-state index in [1.807, 2.05) is 0 Å². The Morgan fingerprint density at radius 2 is 2.05 bits per heavy atom. The van der Waals surface area contributed by atoms with Gasteiger partial charge in [0.15, 0.2) is 5.78 Å². The molecule has 1 aromatic carbocycles. The van der Waals surface area contributed by atoms with E-state index in [-0.39, 0.29) is 5.78 Å². The quantitative estimate of drug-likeness (QED) is 0.668. The van der Waals surface area contributed by atoms with Gasteiger partial charge >= 0.3 is 0 Å². The molecule has 3 aliphatic carbocycles. The number of hydrogen-bond donors (Lipinski definition) is 0. The highest BCUT2D eigenvalue weighted by Crippen LogP contribution is 2.60. The zero-order valence-corrected chi connectivity index (χ0v) is 13.3. The van der Waals surface area contributed by atoms with Crippen LogP contribution in [0, 0.1) is 17.8 Å². The van der Waals surface area contributed by atoms with Crippen LogP contribution in [0.25, 0.3) is 0 Å². The Morgan fingerprint density at radius 3 is 2.86 bits per heavy atom. The maximum absolute atomic E-state index is 11.8. The highest BCUT2D eigenvalue weighted by Gasteiger charge is 2.53. The fraction of sp³-hybridized carbons (Fsp3) is 0.650. The molecule has 2 fully saturated rings. The minimum absolute atomic E-state index is 0.216. The van der Waals surface area contributed by atoms with Crippen molar-refractivity contribution in [2.75, 3.05) is 0 Å². The van der Waals surface area contributed by atoms with Crippen molar-refractivity contribution in [3.63, 3.8) is 0 Å². The Labute approximate surface area is 128 Å². The number of Topliss-reactive ketones (excluding diaryl/α,β-unsaturated/α-hetero) is 1. The molecule has 0 spiro atoms. The first-order valence-electron chi connectivity index (χ1n) is 8.76. The first-order valence-corrected chi connectivity index (χ1v) is 8.76. The molecule has 2 bridgehead atoms. The van der Waals surface area contributed by atoms with Crippen molar-refractivity contribution in [2.24, 2.45) is 17.8 Å². The molecule has 4 rings (SSSR count). The van der Waals surface area contributed by atoms with Gasteiger partial charge in [-0.3, -0.25) is 4.79 Å². The van der Waals surface area contributed by atoms with Crippen molar-refractivity contribution in [1.29, 1.82) is 0 Å². The zero-order chi connectivity index (χ0) is 14.6. The summed E-state index contributed by atoms with van der Waals surface area (Å²) in [5, 5.41) is 0. The van der Waals surface area contributed by atoms with E-state index in [0.717, 1.165) is 23.3 Å². The standard InChI is InChI=1S/C20H26O/c1-13-8-10-20-9-4-3-5-18(20)17(13)11-16-7-6-15(14(2)21)12-19(16)20/h6-7,12-13,17-18H,3-5,8-11H2,1-2H3/t13?,17-,18-,20+/m1/s1. The van der Waals surface area contributed by atoms with Gasteiger partial charge < -0.3 is 0 Å². The normalized spacial score (nSPS) is 37.5. The van der Waals surface area contributed by atoms with Gasteiger partial charge in [-0.25, -0.2) is 0 Å². The Bertz CT molecular complexity index is 588. The Balaban J connectivity index is 1.89. The third kappa shape index (κ3) is 1.86. The van der Waals surface area contributed by atoms with E-state index in [0.29, 0.717) is 5.41 Å². The molecule has 0 aromatic heterocycles. The molecule has 1 aromatic rings. The predicted molar refractivity (Wildman–Crippen MR) is 85.7 cm³/mol. The van der Waals surface area contributed by atoms with Gasteiger partial charge in [0.25, 0.3) is 0 Å². The molecule has 21 heavy (non-hydrogen) atoms. The van der Waals surface area contributed by atoms with Crippen molar-refractivity contribution in [2.45, 2.75) is 64.2 Å². The molecule has 0 aliphatic heterocycles. The summed E-state index contributed by atoms with van der Waals surface area (Å²) in [6.45, 7) is 4.17. The van der Waals surface area contributed by atoms with Crippen molar-refractivity contribution in [3.8, 4) is 0 Å². The maximum atomic E-state index is 11.8. The van der Waals surface area contributed by atoms with Crippen LogP contribution in [0.1, 0.15) is 73.9 Å². The number of carbonyl (C=O) groups excluding carboxylic acids is 1. The van der Waals surface area contributed by atoms with Crippen LogP contribution in [-0.4, -0.2) is 5.78 Å². The van der Waals surface area contributed by atoms with Crippen LogP contribution < -0.4 is 0 Å². The molecule has 1 heteroatoms. The maximum Gasteiger partial charge on any atom is 0.159 e. The summed E-state index contributed by atoms with van der Waals surface area (Å²) in [5.74, 6) is 2.86. The van der Waals surface area contributed by atoms with E-state index in [9.17, 15) is 4.79 Å². The number of ketones is 1. The molecule has 0 N–H and O–H groups in total. The van der Waals surface area contributed by atoms with Gasteiger partial charge in [-0.05, 0) is 79.4 Å². The molecule has 0 amide bonds. The lowest BCUT2D eigenvalue weighted by atomic mass is 9.47. The number of hydrogen-bond acceptors (Lipinski definition) is 1. The molecular formula is C20H26O. The fourth-order valence-corrected chi connectivity index (χ4v) is 5.80. The van der Waals surface area contributed by atoms with Crippen LogP contribution >= 0.6 is 0 Å². The van der Waals surface area contributed by atoms with Gasteiger partial charge in [-0.2, -0.15) is 0 Å². The highest BCUT2D eigenvalue weighted by molar-refractivity contribution is 5.94. The van der Waals surface area contributed by atoms with E-state index in [1.165, 1.54) is 44.9 Å². The summed E-state index contributed by atoms with van der Waals surface area (Å²) in [6, 6.07) is 6.59. The average molecular weight is 282 g/mol. The average Bonchev–Trinajstić information content (AvgIpc) is 2.50. The van der Waals surface area contributed by atoms with Crippen LogP contribution in [-0.2, 0) is 11.8 Å². The van der Waals surface area contributed by atoms with Gasteiger partial charge in [0.1, 0.15) is 0 Å². The van der Waals surface area contributed by atoms with E-state index >= 15 is 0 Å². The smallest absolute Gasteiger partial charge is 0.159 e. The second kappa shape index (κ2) is 4.69. The van der Waals surface area contributed by atoms with Gasteiger partial charge in [0, 0.05) is 5.56 Å². The lowest BCUT2D eigenvalue weighted by Crippen LogP contribution is -2.51. The van der Waals surface area contributed by atoms with Gasteiger partial charge in [-0.15, -0.1) is 0 Å². The Kier molecular flexibility index (Phi) is 3.03. The molecule has 0 saturated heterocycles. The van der Waals surface area contributed by atoms with Crippen LogP contribution in [0.4, 0.5) is 0 Å². The summed E-state index contributed by atoms with van der Waals surface area (Å²) in [4.78, 5) is 11.8. The molecule has 1 nitrogen and oxygen atoms in total. The molecule has 112 valence electrons. The Hall–Kier alpha value is -1.11. The predicted octanol–water partition coefficient (Wildman–Crippen LogP) is 4.92. The lowest BCUT2D eigenvalue weighted by molar-refractivity contribution is 0.0175. The minimum Gasteiger partial charge on any atom is -0.295 e. The van der Waals surface area contributed by atoms with Crippen LogP contribution in [0.2, 0.25) is 0 Å². The molecule has 0 radical (unpaired) electrons. The molecule has 2 saturated carbocycles. The van der Waals surface area contributed by atoms with Crippen LogP contribution in [0.3, 0.4) is 0 Å².